The van der Waals surface area contributed by atoms with Crippen molar-refractivity contribution in [3.05, 3.63) is 95.3 Å². The van der Waals surface area contributed by atoms with E-state index in [0.29, 0.717) is 18.7 Å². The van der Waals surface area contributed by atoms with Crippen LogP contribution in [0.15, 0.2) is 66.7 Å². The van der Waals surface area contributed by atoms with E-state index in [1.165, 1.54) is 30.3 Å². The predicted molar refractivity (Wildman–Crippen MR) is 121 cm³/mol. The molecule has 0 aliphatic carbocycles. The van der Waals surface area contributed by atoms with E-state index in [1.807, 2.05) is 32.9 Å². The molecule has 4 rings (SSSR count). The number of rotatable bonds is 3. The topological polar surface area (TPSA) is 29.5 Å². The number of carbonyl (C=O) groups excluding carboxylic acids is 1. The Morgan fingerprint density at radius 2 is 1.30 bits per heavy atom. The Labute approximate surface area is 191 Å². The van der Waals surface area contributed by atoms with Crippen molar-refractivity contribution in [3.63, 3.8) is 0 Å². The summed E-state index contributed by atoms with van der Waals surface area (Å²) in [5.41, 5.74) is 1.59. The first-order valence-corrected chi connectivity index (χ1v) is 10.9. The zero-order valence-electron chi connectivity index (χ0n) is 18.8. The molecule has 0 saturated carbocycles. The first-order chi connectivity index (χ1) is 15.6. The van der Waals surface area contributed by atoms with E-state index in [2.05, 4.69) is 0 Å². The summed E-state index contributed by atoms with van der Waals surface area (Å²) in [6, 6.07) is 17.1. The lowest BCUT2D eigenvalue weighted by Gasteiger charge is -2.24. The van der Waals surface area contributed by atoms with Crippen LogP contribution in [0.4, 0.5) is 18.0 Å². The number of halogens is 3. The van der Waals surface area contributed by atoms with Gasteiger partial charge in [0.2, 0.25) is 0 Å². The van der Waals surface area contributed by atoms with Crippen molar-refractivity contribution in [2.45, 2.75) is 38.2 Å². The molecule has 1 aliphatic rings. The monoisotopic (exact) mass is 453 g/mol. The lowest BCUT2D eigenvalue weighted by Crippen LogP contribution is -2.35. The fraction of sp³-hybridized carbons (Fsp3) is 0.296. The highest BCUT2D eigenvalue weighted by Crippen LogP contribution is 2.41. The van der Waals surface area contributed by atoms with Gasteiger partial charge in [-0.3, -0.25) is 0 Å². The Morgan fingerprint density at radius 1 is 0.818 bits per heavy atom. The summed E-state index contributed by atoms with van der Waals surface area (Å²) in [6.07, 6.45) is -0.401. The van der Waals surface area contributed by atoms with Crippen LogP contribution in [0.1, 0.15) is 43.7 Å². The number of hydrogen-bond acceptors (Lipinski definition) is 2. The molecule has 0 N–H and O–H groups in total. The van der Waals surface area contributed by atoms with Gasteiger partial charge in [0.05, 0.1) is 5.56 Å². The van der Waals surface area contributed by atoms with Crippen LogP contribution in [-0.4, -0.2) is 29.7 Å². The van der Waals surface area contributed by atoms with Crippen molar-refractivity contribution in [2.24, 2.45) is 0 Å². The fourth-order valence-corrected chi connectivity index (χ4v) is 4.34. The smallest absolute Gasteiger partial charge is 0.410 e. The standard InChI is InChI=1S/C27H26F3NO2/c1-27(2,3)33-26(32)31-15-21(22(16-31)18-11-13-20(28)14-12-18)17-7-9-19(10-8-17)25-23(29)5-4-6-24(25)30/h4-14,21-22H,15-16H2,1-3H3. The SMILES string of the molecule is CC(C)(C)OC(=O)N1CC(c2ccc(F)cc2)C(c2ccc(-c3c(F)cccc3F)cc2)C1. The predicted octanol–water partition coefficient (Wildman–Crippen LogP) is 6.89. The minimum atomic E-state index is -0.621. The maximum atomic E-state index is 14.2. The molecule has 3 nitrogen and oxygen atoms in total. The van der Waals surface area contributed by atoms with Gasteiger partial charge in [-0.15, -0.1) is 0 Å². The largest absolute Gasteiger partial charge is 0.444 e. The van der Waals surface area contributed by atoms with Gasteiger partial charge in [0.15, 0.2) is 0 Å². The van der Waals surface area contributed by atoms with Crippen molar-refractivity contribution in [1.29, 1.82) is 0 Å². The molecule has 1 saturated heterocycles. The van der Waals surface area contributed by atoms with E-state index in [0.717, 1.165) is 11.1 Å². The molecule has 0 spiro atoms. The molecule has 0 bridgehead atoms. The minimum Gasteiger partial charge on any atom is -0.444 e. The molecule has 33 heavy (non-hydrogen) atoms. The molecule has 6 heteroatoms. The van der Waals surface area contributed by atoms with E-state index in [4.69, 9.17) is 4.74 Å². The van der Waals surface area contributed by atoms with Gasteiger partial charge in [-0.2, -0.15) is 0 Å². The Kier molecular flexibility index (Phi) is 6.19. The highest BCUT2D eigenvalue weighted by atomic mass is 19.1. The van der Waals surface area contributed by atoms with Gasteiger partial charge >= 0.3 is 6.09 Å². The van der Waals surface area contributed by atoms with Gasteiger partial charge in [-0.1, -0.05) is 42.5 Å². The molecule has 1 aliphatic heterocycles. The number of benzene rings is 3. The maximum absolute atomic E-state index is 14.2. The van der Waals surface area contributed by atoms with Gasteiger partial charge in [0, 0.05) is 24.9 Å². The second-order valence-electron chi connectivity index (χ2n) is 9.37. The van der Waals surface area contributed by atoms with E-state index in [-0.39, 0.29) is 23.2 Å². The molecule has 1 amide bonds. The average Bonchev–Trinajstić information content (AvgIpc) is 3.19. The van der Waals surface area contributed by atoms with Crippen molar-refractivity contribution in [2.75, 3.05) is 13.1 Å². The lowest BCUT2D eigenvalue weighted by atomic mass is 9.83. The maximum Gasteiger partial charge on any atom is 0.410 e. The zero-order valence-corrected chi connectivity index (χ0v) is 18.8. The number of nitrogens with zero attached hydrogens (tertiary/aromatic N) is 1. The van der Waals surface area contributed by atoms with Gasteiger partial charge < -0.3 is 9.64 Å². The van der Waals surface area contributed by atoms with Crippen molar-refractivity contribution in [3.8, 4) is 11.1 Å². The highest BCUT2D eigenvalue weighted by Gasteiger charge is 2.38. The van der Waals surface area contributed by atoms with Crippen LogP contribution in [0.25, 0.3) is 11.1 Å². The third-order valence-corrected chi connectivity index (χ3v) is 5.86. The second-order valence-corrected chi connectivity index (χ2v) is 9.37. The molecule has 0 radical (unpaired) electrons. The fourth-order valence-electron chi connectivity index (χ4n) is 4.34. The van der Waals surface area contributed by atoms with Crippen LogP contribution in [0.5, 0.6) is 0 Å². The minimum absolute atomic E-state index is 0.0686. The third kappa shape index (κ3) is 5.05. The van der Waals surface area contributed by atoms with Gasteiger partial charge in [-0.25, -0.2) is 18.0 Å². The number of ether oxygens (including phenoxy) is 1. The summed E-state index contributed by atoms with van der Waals surface area (Å²) in [4.78, 5) is 14.4. The summed E-state index contributed by atoms with van der Waals surface area (Å²) >= 11 is 0. The first-order valence-electron chi connectivity index (χ1n) is 10.9. The molecular formula is C27H26F3NO2. The molecule has 0 aromatic heterocycles. The van der Waals surface area contributed by atoms with Gasteiger partial charge in [0.1, 0.15) is 23.1 Å². The summed E-state index contributed by atoms with van der Waals surface area (Å²) < 4.78 is 47.5. The normalized spacial score (nSPS) is 18.4. The molecular weight excluding hydrogens is 427 g/mol. The third-order valence-electron chi connectivity index (χ3n) is 5.86. The second kappa shape index (κ2) is 8.93. The van der Waals surface area contributed by atoms with E-state index in [9.17, 15) is 18.0 Å². The van der Waals surface area contributed by atoms with Crippen LogP contribution in [-0.2, 0) is 4.74 Å². The molecule has 3 aromatic carbocycles. The van der Waals surface area contributed by atoms with Crippen molar-refractivity contribution >= 4 is 6.09 Å². The molecule has 1 heterocycles. The first kappa shape index (κ1) is 22.9. The lowest BCUT2D eigenvalue weighted by molar-refractivity contribution is 0.0290. The van der Waals surface area contributed by atoms with Crippen LogP contribution < -0.4 is 0 Å². The molecule has 3 aromatic rings. The number of likely N-dealkylation sites (tertiary alicyclic amines) is 1. The van der Waals surface area contributed by atoms with Crippen LogP contribution in [0.2, 0.25) is 0 Å². The van der Waals surface area contributed by atoms with Crippen LogP contribution in [0, 0.1) is 17.5 Å². The number of carbonyl (C=O) groups is 1. The van der Waals surface area contributed by atoms with Crippen molar-refractivity contribution in [1.82, 2.24) is 4.90 Å². The van der Waals surface area contributed by atoms with E-state index < -0.39 is 23.3 Å². The average molecular weight is 454 g/mol. The molecule has 1 fully saturated rings. The Bertz CT molecular complexity index is 1120. The van der Waals surface area contributed by atoms with Gasteiger partial charge in [-0.05, 0) is 61.7 Å². The summed E-state index contributed by atoms with van der Waals surface area (Å²) in [7, 11) is 0. The Balaban J connectivity index is 1.65. The zero-order chi connectivity index (χ0) is 23.8. The molecule has 2 atom stereocenters. The Hall–Kier alpha value is -3.28. The Morgan fingerprint density at radius 3 is 1.79 bits per heavy atom. The van der Waals surface area contributed by atoms with Gasteiger partial charge in [0.25, 0.3) is 0 Å². The van der Waals surface area contributed by atoms with E-state index in [1.54, 1.807) is 29.2 Å². The van der Waals surface area contributed by atoms with Crippen LogP contribution in [0.3, 0.4) is 0 Å². The number of hydrogen-bond donors (Lipinski definition) is 0. The van der Waals surface area contributed by atoms with E-state index >= 15 is 0 Å². The van der Waals surface area contributed by atoms with Crippen molar-refractivity contribution < 1.29 is 22.7 Å². The number of amides is 1. The van der Waals surface area contributed by atoms with Crippen LogP contribution >= 0.6 is 0 Å². The summed E-state index contributed by atoms with van der Waals surface area (Å²) in [6.45, 7) is 6.29. The summed E-state index contributed by atoms with van der Waals surface area (Å²) in [5, 5.41) is 0. The highest BCUT2D eigenvalue weighted by molar-refractivity contribution is 5.69. The quantitative estimate of drug-likeness (QED) is 0.432. The molecule has 2 unspecified atom stereocenters. The summed E-state index contributed by atoms with van der Waals surface area (Å²) in [5.74, 6) is -1.72. The molecule has 172 valence electrons.